The lowest BCUT2D eigenvalue weighted by Crippen LogP contribution is -2.08. The van der Waals surface area contributed by atoms with E-state index in [1.807, 2.05) is 50.2 Å². The van der Waals surface area contributed by atoms with Gasteiger partial charge in [-0.1, -0.05) is 23.7 Å². The molecule has 0 aliphatic heterocycles. The molecule has 0 saturated carbocycles. The summed E-state index contributed by atoms with van der Waals surface area (Å²) in [5.74, 6) is 1.97. The molecular formula is C16H18ClNO2. The van der Waals surface area contributed by atoms with Gasteiger partial charge in [-0.25, -0.2) is 0 Å². The summed E-state index contributed by atoms with van der Waals surface area (Å²) in [6.45, 7) is 3.87. The fraction of sp³-hybridized carbons (Fsp3) is 0.250. The van der Waals surface area contributed by atoms with Gasteiger partial charge in [-0.2, -0.15) is 0 Å². The Balaban J connectivity index is 2.43. The molecular weight excluding hydrogens is 274 g/mol. The minimum absolute atomic E-state index is 0.203. The van der Waals surface area contributed by atoms with E-state index in [0.29, 0.717) is 22.3 Å². The fourth-order valence-corrected chi connectivity index (χ4v) is 2.32. The molecule has 2 aromatic rings. The van der Waals surface area contributed by atoms with Gasteiger partial charge in [0, 0.05) is 6.04 Å². The highest BCUT2D eigenvalue weighted by atomic mass is 35.5. The van der Waals surface area contributed by atoms with Crippen LogP contribution in [0, 0.1) is 6.92 Å². The molecule has 1 atom stereocenters. The summed E-state index contributed by atoms with van der Waals surface area (Å²) in [6, 6.07) is 11.0. The van der Waals surface area contributed by atoms with E-state index in [4.69, 9.17) is 26.8 Å². The lowest BCUT2D eigenvalue weighted by molar-refractivity contribution is 0.397. The van der Waals surface area contributed by atoms with Gasteiger partial charge in [-0.15, -0.1) is 0 Å². The largest absolute Gasteiger partial charge is 0.496 e. The number of hydrogen-bond donors (Lipinski definition) is 1. The van der Waals surface area contributed by atoms with E-state index in [1.165, 1.54) is 0 Å². The van der Waals surface area contributed by atoms with Crippen molar-refractivity contribution in [1.82, 2.24) is 0 Å². The second-order valence-corrected chi connectivity index (χ2v) is 5.10. The van der Waals surface area contributed by atoms with Gasteiger partial charge in [0.1, 0.15) is 17.2 Å². The zero-order valence-corrected chi connectivity index (χ0v) is 12.6. The van der Waals surface area contributed by atoms with Crippen LogP contribution in [-0.2, 0) is 0 Å². The zero-order valence-electron chi connectivity index (χ0n) is 11.8. The van der Waals surface area contributed by atoms with Crippen molar-refractivity contribution in [2.24, 2.45) is 5.73 Å². The average Bonchev–Trinajstić information content (AvgIpc) is 2.41. The van der Waals surface area contributed by atoms with Crippen LogP contribution in [-0.4, -0.2) is 7.11 Å². The van der Waals surface area contributed by atoms with Crippen molar-refractivity contribution in [2.75, 3.05) is 7.11 Å². The van der Waals surface area contributed by atoms with Crippen LogP contribution in [0.15, 0.2) is 36.4 Å². The van der Waals surface area contributed by atoms with Gasteiger partial charge in [0.05, 0.1) is 17.7 Å². The molecule has 0 aromatic heterocycles. The molecule has 0 spiro atoms. The van der Waals surface area contributed by atoms with Crippen LogP contribution >= 0.6 is 11.6 Å². The summed E-state index contributed by atoms with van der Waals surface area (Å²) in [7, 11) is 1.61. The highest BCUT2D eigenvalue weighted by molar-refractivity contribution is 6.32. The molecule has 3 nitrogen and oxygen atoms in total. The quantitative estimate of drug-likeness (QED) is 0.904. The van der Waals surface area contributed by atoms with E-state index in [1.54, 1.807) is 7.11 Å². The Morgan fingerprint density at radius 2 is 1.80 bits per heavy atom. The van der Waals surface area contributed by atoms with Gasteiger partial charge in [0.2, 0.25) is 0 Å². The molecule has 0 aliphatic carbocycles. The number of ether oxygens (including phenoxy) is 2. The summed E-state index contributed by atoms with van der Waals surface area (Å²) in [4.78, 5) is 0. The van der Waals surface area contributed by atoms with Crippen LogP contribution in [0.2, 0.25) is 5.02 Å². The SMILES string of the molecule is COc1cccc(Oc2ccc(C)cc2Cl)c1[C@H](C)N. The maximum absolute atomic E-state index is 6.20. The summed E-state index contributed by atoms with van der Waals surface area (Å²) < 4.78 is 11.2. The molecule has 0 heterocycles. The number of methoxy groups -OCH3 is 1. The molecule has 2 rings (SSSR count). The smallest absolute Gasteiger partial charge is 0.146 e. The molecule has 0 amide bonds. The topological polar surface area (TPSA) is 44.5 Å². The number of hydrogen-bond acceptors (Lipinski definition) is 3. The van der Waals surface area contributed by atoms with Crippen molar-refractivity contribution in [1.29, 1.82) is 0 Å². The van der Waals surface area contributed by atoms with E-state index in [2.05, 4.69) is 0 Å². The molecule has 0 saturated heterocycles. The first-order chi connectivity index (χ1) is 9.52. The molecule has 2 N–H and O–H groups in total. The third-order valence-corrected chi connectivity index (χ3v) is 3.30. The van der Waals surface area contributed by atoms with Crippen molar-refractivity contribution < 1.29 is 9.47 Å². The average molecular weight is 292 g/mol. The van der Waals surface area contributed by atoms with Crippen LogP contribution in [0.5, 0.6) is 17.2 Å². The second kappa shape index (κ2) is 6.16. The Labute approximate surface area is 124 Å². The second-order valence-electron chi connectivity index (χ2n) is 4.70. The van der Waals surface area contributed by atoms with Crippen molar-refractivity contribution >= 4 is 11.6 Å². The lowest BCUT2D eigenvalue weighted by atomic mass is 10.1. The predicted octanol–water partition coefficient (Wildman–Crippen LogP) is 4.47. The minimum Gasteiger partial charge on any atom is -0.496 e. The van der Waals surface area contributed by atoms with Crippen molar-refractivity contribution in [3.63, 3.8) is 0 Å². The number of aryl methyl sites for hydroxylation is 1. The van der Waals surface area contributed by atoms with E-state index >= 15 is 0 Å². The van der Waals surface area contributed by atoms with Gasteiger partial charge in [-0.05, 0) is 43.7 Å². The van der Waals surface area contributed by atoms with Crippen LogP contribution in [0.4, 0.5) is 0 Å². The van der Waals surface area contributed by atoms with Crippen LogP contribution < -0.4 is 15.2 Å². The van der Waals surface area contributed by atoms with Gasteiger partial charge >= 0.3 is 0 Å². The van der Waals surface area contributed by atoms with Gasteiger partial charge < -0.3 is 15.2 Å². The maximum atomic E-state index is 6.20. The summed E-state index contributed by atoms with van der Waals surface area (Å²) in [6.07, 6.45) is 0. The molecule has 0 fully saturated rings. The van der Waals surface area contributed by atoms with Crippen LogP contribution in [0.1, 0.15) is 24.1 Å². The van der Waals surface area contributed by atoms with Crippen LogP contribution in [0.3, 0.4) is 0 Å². The first kappa shape index (κ1) is 14.7. The van der Waals surface area contributed by atoms with Gasteiger partial charge in [0.15, 0.2) is 0 Å². The number of rotatable bonds is 4. The molecule has 0 aliphatic rings. The Morgan fingerprint density at radius 1 is 1.10 bits per heavy atom. The first-order valence-corrected chi connectivity index (χ1v) is 6.77. The Morgan fingerprint density at radius 3 is 2.40 bits per heavy atom. The maximum Gasteiger partial charge on any atom is 0.146 e. The van der Waals surface area contributed by atoms with Gasteiger partial charge in [-0.3, -0.25) is 0 Å². The van der Waals surface area contributed by atoms with E-state index in [9.17, 15) is 0 Å². The normalized spacial score (nSPS) is 12.1. The Bertz CT molecular complexity index is 611. The Kier molecular flexibility index (Phi) is 4.53. The van der Waals surface area contributed by atoms with E-state index in [0.717, 1.165) is 11.1 Å². The molecule has 0 radical (unpaired) electrons. The zero-order chi connectivity index (χ0) is 14.7. The third kappa shape index (κ3) is 3.06. The third-order valence-electron chi connectivity index (χ3n) is 3.01. The Hall–Kier alpha value is -1.71. The number of halogens is 1. The minimum atomic E-state index is -0.203. The van der Waals surface area contributed by atoms with Crippen molar-refractivity contribution in [3.8, 4) is 17.2 Å². The molecule has 0 bridgehead atoms. The fourth-order valence-electron chi connectivity index (χ4n) is 2.05. The van der Waals surface area contributed by atoms with E-state index in [-0.39, 0.29) is 6.04 Å². The van der Waals surface area contributed by atoms with E-state index < -0.39 is 0 Å². The van der Waals surface area contributed by atoms with Crippen molar-refractivity contribution in [3.05, 3.63) is 52.5 Å². The predicted molar refractivity (Wildman–Crippen MR) is 81.9 cm³/mol. The standard InChI is InChI=1S/C16H18ClNO2/c1-10-7-8-13(12(17)9-10)20-15-6-4-5-14(19-3)16(15)11(2)18/h4-9,11H,18H2,1-3H3/t11-/m0/s1. The highest BCUT2D eigenvalue weighted by Gasteiger charge is 2.15. The summed E-state index contributed by atoms with van der Waals surface area (Å²) in [5.41, 5.74) is 7.92. The van der Waals surface area contributed by atoms with Gasteiger partial charge in [0.25, 0.3) is 0 Å². The number of nitrogens with two attached hydrogens (primary N) is 1. The number of benzene rings is 2. The molecule has 4 heteroatoms. The molecule has 106 valence electrons. The lowest BCUT2D eigenvalue weighted by Gasteiger charge is -2.17. The summed E-state index contributed by atoms with van der Waals surface area (Å²) >= 11 is 6.20. The summed E-state index contributed by atoms with van der Waals surface area (Å²) in [5, 5.41) is 0.573. The monoisotopic (exact) mass is 291 g/mol. The first-order valence-electron chi connectivity index (χ1n) is 6.39. The highest BCUT2D eigenvalue weighted by Crippen LogP contribution is 2.37. The molecule has 20 heavy (non-hydrogen) atoms. The van der Waals surface area contributed by atoms with Crippen LogP contribution in [0.25, 0.3) is 0 Å². The molecule has 2 aromatic carbocycles. The van der Waals surface area contributed by atoms with Crippen molar-refractivity contribution in [2.45, 2.75) is 19.9 Å². The molecule has 0 unspecified atom stereocenters.